The SMILES string of the molecule is COCCNC(=O)CN1C(=O)CS[C@H](c2cccc(F)c2)c2c(C(C)(C)C)nn(-c3cccc(Cl)c3)c21. The molecule has 0 aliphatic carbocycles. The van der Waals surface area contributed by atoms with Gasteiger partial charge in [0.25, 0.3) is 0 Å². The van der Waals surface area contributed by atoms with E-state index in [1.165, 1.54) is 28.8 Å². The monoisotopic (exact) mass is 544 g/mol. The summed E-state index contributed by atoms with van der Waals surface area (Å²) in [5.74, 6) is -0.319. The Labute approximate surface area is 225 Å². The van der Waals surface area contributed by atoms with E-state index in [1.54, 1.807) is 30.0 Å². The average molecular weight is 545 g/mol. The first-order valence-corrected chi connectivity index (χ1v) is 13.3. The first-order valence-electron chi connectivity index (χ1n) is 11.9. The number of benzene rings is 2. The molecule has 2 aromatic carbocycles. The smallest absolute Gasteiger partial charge is 0.240 e. The molecule has 0 saturated carbocycles. The van der Waals surface area contributed by atoms with Gasteiger partial charge in [-0.3, -0.25) is 14.5 Å². The fourth-order valence-corrected chi connectivity index (χ4v) is 5.66. The van der Waals surface area contributed by atoms with Crippen molar-refractivity contribution in [2.24, 2.45) is 0 Å². The highest BCUT2D eigenvalue weighted by Gasteiger charge is 2.40. The molecule has 2 heterocycles. The van der Waals surface area contributed by atoms with Crippen LogP contribution in [0.1, 0.15) is 42.8 Å². The van der Waals surface area contributed by atoms with Crippen molar-refractivity contribution < 1.29 is 18.7 Å². The molecule has 0 spiro atoms. The standard InChI is InChI=1S/C27H30ClFN4O3S/c1-27(2,3)25-23-24(17-7-5-9-19(29)13-17)37-16-22(35)32(15-21(34)30-11-12-36-4)26(23)33(31-25)20-10-6-8-18(28)14-20/h5-10,13-14,24H,11-12,15-16H2,1-4H3,(H,30,34)/t24-/m1/s1. The number of nitrogens with one attached hydrogen (secondary N) is 1. The van der Waals surface area contributed by atoms with Gasteiger partial charge in [-0.1, -0.05) is 50.6 Å². The first-order chi connectivity index (χ1) is 17.6. The Kier molecular flexibility index (Phi) is 8.26. The van der Waals surface area contributed by atoms with E-state index in [0.29, 0.717) is 29.7 Å². The minimum absolute atomic E-state index is 0.111. The van der Waals surface area contributed by atoms with Gasteiger partial charge in [-0.25, -0.2) is 9.07 Å². The van der Waals surface area contributed by atoms with Crippen LogP contribution in [0.25, 0.3) is 5.69 Å². The van der Waals surface area contributed by atoms with Crippen molar-refractivity contribution in [2.75, 3.05) is 37.5 Å². The molecule has 3 aromatic rings. The highest BCUT2D eigenvalue weighted by Crippen LogP contribution is 2.48. The molecule has 7 nitrogen and oxygen atoms in total. The number of halogens is 2. The summed E-state index contributed by atoms with van der Waals surface area (Å²) in [6.45, 7) is 6.61. The van der Waals surface area contributed by atoms with Gasteiger partial charge in [0.15, 0.2) is 0 Å². The van der Waals surface area contributed by atoms with Crippen molar-refractivity contribution >= 4 is 41.0 Å². The first kappa shape index (κ1) is 27.2. The third kappa shape index (κ3) is 6.00. The van der Waals surface area contributed by atoms with Crippen molar-refractivity contribution in [2.45, 2.75) is 31.4 Å². The predicted octanol–water partition coefficient (Wildman–Crippen LogP) is 4.89. The summed E-state index contributed by atoms with van der Waals surface area (Å²) < 4.78 is 21.0. The number of hydrogen-bond donors (Lipinski definition) is 1. The van der Waals surface area contributed by atoms with E-state index in [2.05, 4.69) is 5.32 Å². The Morgan fingerprint density at radius 2 is 2.00 bits per heavy atom. The van der Waals surface area contributed by atoms with Crippen molar-refractivity contribution in [1.29, 1.82) is 0 Å². The lowest BCUT2D eigenvalue weighted by atomic mass is 9.87. The molecule has 0 fully saturated rings. The molecule has 1 aliphatic heterocycles. The molecule has 0 radical (unpaired) electrons. The molecule has 1 N–H and O–H groups in total. The van der Waals surface area contributed by atoms with Crippen LogP contribution in [0.15, 0.2) is 48.5 Å². The van der Waals surface area contributed by atoms with Gasteiger partial charge < -0.3 is 10.1 Å². The molecule has 1 aliphatic rings. The van der Waals surface area contributed by atoms with Crippen molar-refractivity contribution in [3.63, 3.8) is 0 Å². The summed E-state index contributed by atoms with van der Waals surface area (Å²) in [6.07, 6.45) is 0. The normalized spacial score (nSPS) is 15.9. The minimum Gasteiger partial charge on any atom is -0.383 e. The molecular formula is C27H30ClFN4O3S. The Bertz CT molecular complexity index is 1310. The number of rotatable bonds is 7. The maximum Gasteiger partial charge on any atom is 0.240 e. The zero-order valence-electron chi connectivity index (χ0n) is 21.3. The Balaban J connectivity index is 1.96. The fourth-order valence-electron chi connectivity index (χ4n) is 4.29. The molecule has 0 saturated heterocycles. The summed E-state index contributed by atoms with van der Waals surface area (Å²) >= 11 is 7.73. The van der Waals surface area contributed by atoms with Gasteiger partial charge in [-0.05, 0) is 35.9 Å². The molecule has 1 atom stereocenters. The number of methoxy groups -OCH3 is 1. The number of amides is 2. The van der Waals surface area contributed by atoms with Crippen LogP contribution in [0.3, 0.4) is 0 Å². The van der Waals surface area contributed by atoms with Crippen LogP contribution in [0.2, 0.25) is 5.02 Å². The summed E-state index contributed by atoms with van der Waals surface area (Å²) in [4.78, 5) is 27.9. The Morgan fingerprint density at radius 3 is 2.68 bits per heavy atom. The van der Waals surface area contributed by atoms with Gasteiger partial charge in [-0.2, -0.15) is 5.10 Å². The van der Waals surface area contributed by atoms with Crippen molar-refractivity contribution in [1.82, 2.24) is 15.1 Å². The molecule has 10 heteroatoms. The maximum atomic E-state index is 14.3. The summed E-state index contributed by atoms with van der Waals surface area (Å²) in [6, 6.07) is 13.6. The zero-order valence-corrected chi connectivity index (χ0v) is 22.8. The van der Waals surface area contributed by atoms with Gasteiger partial charge in [0.1, 0.15) is 18.2 Å². The molecule has 0 unspecified atom stereocenters. The van der Waals surface area contributed by atoms with Crippen LogP contribution < -0.4 is 10.2 Å². The summed E-state index contributed by atoms with van der Waals surface area (Å²) in [5.41, 5.74) is 2.49. The third-order valence-corrected chi connectivity index (χ3v) is 7.42. The number of thioether (sulfide) groups is 1. The van der Waals surface area contributed by atoms with Gasteiger partial charge in [0.2, 0.25) is 11.8 Å². The molecule has 37 heavy (non-hydrogen) atoms. The number of fused-ring (bicyclic) bond motifs is 1. The lowest BCUT2D eigenvalue weighted by Crippen LogP contribution is -2.43. The van der Waals surface area contributed by atoms with Crippen LogP contribution in [-0.2, 0) is 19.7 Å². The highest BCUT2D eigenvalue weighted by atomic mass is 35.5. The molecule has 196 valence electrons. The summed E-state index contributed by atoms with van der Waals surface area (Å²) in [7, 11) is 1.55. The van der Waals surface area contributed by atoms with Crippen LogP contribution in [0, 0.1) is 5.82 Å². The van der Waals surface area contributed by atoms with Gasteiger partial charge in [0.05, 0.1) is 29.0 Å². The van der Waals surface area contributed by atoms with Gasteiger partial charge in [-0.15, -0.1) is 11.8 Å². The molecule has 4 rings (SSSR count). The topological polar surface area (TPSA) is 76.5 Å². The predicted molar refractivity (Wildman–Crippen MR) is 145 cm³/mol. The second-order valence-electron chi connectivity index (χ2n) is 9.80. The molecule has 0 bridgehead atoms. The lowest BCUT2D eigenvalue weighted by molar-refractivity contribution is -0.123. The number of nitrogens with zero attached hydrogens (tertiary/aromatic N) is 3. The lowest BCUT2D eigenvalue weighted by Gasteiger charge is -2.24. The number of carbonyl (C=O) groups is 2. The Morgan fingerprint density at radius 1 is 1.24 bits per heavy atom. The van der Waals surface area contributed by atoms with Crippen LogP contribution in [0.4, 0.5) is 10.2 Å². The van der Waals surface area contributed by atoms with Crippen LogP contribution >= 0.6 is 23.4 Å². The van der Waals surface area contributed by atoms with E-state index >= 15 is 0 Å². The van der Waals surface area contributed by atoms with Gasteiger partial charge in [0, 0.05) is 29.7 Å². The van der Waals surface area contributed by atoms with Crippen molar-refractivity contribution in [3.8, 4) is 5.69 Å². The minimum atomic E-state index is -0.417. The zero-order chi connectivity index (χ0) is 26.7. The second kappa shape index (κ2) is 11.2. The van der Waals surface area contributed by atoms with E-state index in [4.69, 9.17) is 21.4 Å². The number of anilines is 1. The second-order valence-corrected chi connectivity index (χ2v) is 11.3. The number of hydrogen-bond acceptors (Lipinski definition) is 5. The van der Waals surface area contributed by atoms with Crippen LogP contribution in [0.5, 0.6) is 0 Å². The molecule has 2 amide bonds. The number of carbonyl (C=O) groups excluding carboxylic acids is 2. The largest absolute Gasteiger partial charge is 0.383 e. The number of aromatic nitrogens is 2. The Hall–Kier alpha value is -2.88. The number of ether oxygens (including phenoxy) is 1. The third-order valence-electron chi connectivity index (χ3n) is 5.93. The summed E-state index contributed by atoms with van der Waals surface area (Å²) in [5, 5.41) is 7.92. The van der Waals surface area contributed by atoms with Gasteiger partial charge >= 0.3 is 0 Å². The highest BCUT2D eigenvalue weighted by molar-refractivity contribution is 8.00. The maximum absolute atomic E-state index is 14.3. The van der Waals surface area contributed by atoms with E-state index in [0.717, 1.165) is 16.8 Å². The molecular weight excluding hydrogens is 515 g/mol. The van der Waals surface area contributed by atoms with Crippen molar-refractivity contribution in [3.05, 3.63) is 76.2 Å². The van der Waals surface area contributed by atoms with E-state index in [9.17, 15) is 14.0 Å². The van der Waals surface area contributed by atoms with E-state index < -0.39 is 5.41 Å². The quantitative estimate of drug-likeness (QED) is 0.428. The average Bonchev–Trinajstić information content (AvgIpc) is 3.17. The fraction of sp³-hybridized carbons (Fsp3) is 0.370. The van der Waals surface area contributed by atoms with Crippen LogP contribution in [-0.4, -0.2) is 54.2 Å². The van der Waals surface area contributed by atoms with E-state index in [1.807, 2.05) is 39.0 Å². The molecule has 1 aromatic heterocycles. The van der Waals surface area contributed by atoms with E-state index in [-0.39, 0.29) is 35.2 Å².